The van der Waals surface area contributed by atoms with Crippen LogP contribution < -0.4 is 5.32 Å². The highest BCUT2D eigenvalue weighted by atomic mass is 19.1. The summed E-state index contributed by atoms with van der Waals surface area (Å²) in [7, 11) is 0. The zero-order valence-electron chi connectivity index (χ0n) is 11.2. The molecule has 0 saturated heterocycles. The number of pyridine rings is 1. The minimum atomic E-state index is -0.523. The van der Waals surface area contributed by atoms with E-state index in [0.717, 1.165) is 0 Å². The van der Waals surface area contributed by atoms with Gasteiger partial charge in [-0.15, -0.1) is 0 Å². The predicted molar refractivity (Wildman–Crippen MR) is 66.8 cm³/mol. The molecule has 0 fully saturated rings. The average Bonchev–Trinajstić information content (AvgIpc) is 2.23. The van der Waals surface area contributed by atoms with E-state index >= 15 is 0 Å². The van der Waals surface area contributed by atoms with Crippen LogP contribution in [0.4, 0.5) is 9.18 Å². The molecule has 0 aliphatic rings. The van der Waals surface area contributed by atoms with Crippen LogP contribution in [-0.4, -0.2) is 23.2 Å². The van der Waals surface area contributed by atoms with Gasteiger partial charge in [0.25, 0.3) is 0 Å². The van der Waals surface area contributed by atoms with Gasteiger partial charge in [-0.05, 0) is 32.9 Å². The lowest BCUT2D eigenvalue weighted by Crippen LogP contribution is -2.34. The maximum atomic E-state index is 12.9. The molecule has 18 heavy (non-hydrogen) atoms. The summed E-state index contributed by atoms with van der Waals surface area (Å²) in [6, 6.07) is 4.61. The first-order chi connectivity index (χ1) is 8.28. The van der Waals surface area contributed by atoms with Crippen LogP contribution in [-0.2, 0) is 4.74 Å². The molecule has 0 bridgehead atoms. The van der Waals surface area contributed by atoms with Crippen LogP contribution in [0.1, 0.15) is 39.3 Å². The predicted octanol–water partition coefficient (Wildman–Crippen LogP) is 2.85. The molecule has 1 rings (SSSR count). The van der Waals surface area contributed by atoms with E-state index in [1.54, 1.807) is 32.9 Å². The third-order valence-electron chi connectivity index (χ3n) is 2.19. The Bertz CT molecular complexity index is 416. The van der Waals surface area contributed by atoms with E-state index in [4.69, 9.17) is 4.74 Å². The zero-order valence-corrected chi connectivity index (χ0v) is 11.2. The number of ether oxygens (including phenoxy) is 1. The second-order valence-electron chi connectivity index (χ2n) is 5.17. The topological polar surface area (TPSA) is 51.2 Å². The Morgan fingerprint density at radius 2 is 2.17 bits per heavy atom. The number of hydrogen-bond donors (Lipinski definition) is 1. The molecule has 4 nitrogen and oxygen atoms in total. The molecule has 0 spiro atoms. The largest absolute Gasteiger partial charge is 0.444 e. The summed E-state index contributed by atoms with van der Waals surface area (Å²) < 4.78 is 18.0. The number of nitrogens with zero attached hydrogens (tertiary/aromatic N) is 1. The van der Waals surface area contributed by atoms with Crippen molar-refractivity contribution >= 4 is 6.09 Å². The number of hydrogen-bond acceptors (Lipinski definition) is 3. The molecule has 1 unspecified atom stereocenters. The Labute approximate surface area is 107 Å². The Morgan fingerprint density at radius 1 is 1.50 bits per heavy atom. The first-order valence-corrected chi connectivity index (χ1v) is 5.87. The van der Waals surface area contributed by atoms with Crippen LogP contribution in [0.3, 0.4) is 0 Å². The highest BCUT2D eigenvalue weighted by molar-refractivity contribution is 5.67. The van der Waals surface area contributed by atoms with Crippen LogP contribution in [0.2, 0.25) is 0 Å². The molecule has 0 aliphatic carbocycles. The second kappa shape index (κ2) is 5.80. The van der Waals surface area contributed by atoms with Crippen LogP contribution >= 0.6 is 0 Å². The van der Waals surface area contributed by atoms with Crippen molar-refractivity contribution in [3.05, 3.63) is 29.8 Å². The summed E-state index contributed by atoms with van der Waals surface area (Å²) in [4.78, 5) is 15.2. The summed E-state index contributed by atoms with van der Waals surface area (Å²) in [5.41, 5.74) is 0.0794. The summed E-state index contributed by atoms with van der Waals surface area (Å²) in [5, 5.41) is 2.63. The Balaban J connectivity index is 2.46. The average molecular weight is 254 g/mol. The first kappa shape index (κ1) is 14.4. The van der Waals surface area contributed by atoms with Crippen molar-refractivity contribution in [2.75, 3.05) is 6.54 Å². The van der Waals surface area contributed by atoms with Gasteiger partial charge in [-0.3, -0.25) is 0 Å². The van der Waals surface area contributed by atoms with Crippen molar-refractivity contribution in [2.24, 2.45) is 0 Å². The maximum absolute atomic E-state index is 12.9. The van der Waals surface area contributed by atoms with Crippen LogP contribution in [0.15, 0.2) is 18.2 Å². The number of carbonyl (C=O) groups excluding carboxylic acids is 1. The lowest BCUT2D eigenvalue weighted by Gasteiger charge is -2.20. The number of nitrogens with one attached hydrogen (secondary N) is 1. The minimum absolute atomic E-state index is 0.0757. The van der Waals surface area contributed by atoms with E-state index in [1.807, 2.05) is 6.92 Å². The molecule has 1 aromatic rings. The number of alkyl carbamates (subject to hydrolysis) is 1. The molecule has 1 aromatic heterocycles. The normalized spacial score (nSPS) is 12.9. The minimum Gasteiger partial charge on any atom is -0.444 e. The van der Waals surface area contributed by atoms with Gasteiger partial charge in [0.05, 0.1) is 0 Å². The smallest absolute Gasteiger partial charge is 0.407 e. The number of carbonyl (C=O) groups is 1. The number of rotatable bonds is 3. The molecule has 5 heteroatoms. The molecule has 1 heterocycles. The summed E-state index contributed by atoms with van der Waals surface area (Å²) >= 11 is 0. The summed E-state index contributed by atoms with van der Waals surface area (Å²) in [6.45, 7) is 7.60. The van der Waals surface area contributed by atoms with E-state index in [-0.39, 0.29) is 5.92 Å². The van der Waals surface area contributed by atoms with Crippen molar-refractivity contribution < 1.29 is 13.9 Å². The van der Waals surface area contributed by atoms with Crippen molar-refractivity contribution in [1.29, 1.82) is 0 Å². The Hall–Kier alpha value is -1.65. The number of amides is 1. The molecule has 1 amide bonds. The Morgan fingerprint density at radius 3 is 2.72 bits per heavy atom. The SMILES string of the molecule is CC(CNC(=O)OC(C)(C)C)c1cccc(F)n1. The fraction of sp³-hybridized carbons (Fsp3) is 0.538. The number of aromatic nitrogens is 1. The van der Waals surface area contributed by atoms with Crippen molar-refractivity contribution in [1.82, 2.24) is 10.3 Å². The van der Waals surface area contributed by atoms with E-state index in [2.05, 4.69) is 10.3 Å². The highest BCUT2D eigenvalue weighted by Crippen LogP contribution is 2.12. The highest BCUT2D eigenvalue weighted by Gasteiger charge is 2.17. The molecular formula is C13H19FN2O2. The van der Waals surface area contributed by atoms with Crippen LogP contribution in [0, 0.1) is 5.95 Å². The van der Waals surface area contributed by atoms with E-state index in [9.17, 15) is 9.18 Å². The summed E-state index contributed by atoms with van der Waals surface area (Å²) in [5.74, 6) is -0.593. The van der Waals surface area contributed by atoms with Gasteiger partial charge in [-0.25, -0.2) is 9.78 Å². The van der Waals surface area contributed by atoms with Gasteiger partial charge < -0.3 is 10.1 Å². The quantitative estimate of drug-likeness (QED) is 0.844. The molecule has 1 N–H and O–H groups in total. The van der Waals surface area contributed by atoms with Gasteiger partial charge in [-0.2, -0.15) is 4.39 Å². The molecule has 1 atom stereocenters. The van der Waals surface area contributed by atoms with Crippen LogP contribution in [0.5, 0.6) is 0 Å². The van der Waals surface area contributed by atoms with Gasteiger partial charge in [0, 0.05) is 18.2 Å². The second-order valence-corrected chi connectivity index (χ2v) is 5.17. The van der Waals surface area contributed by atoms with Crippen molar-refractivity contribution in [3.63, 3.8) is 0 Å². The van der Waals surface area contributed by atoms with E-state index < -0.39 is 17.6 Å². The lowest BCUT2D eigenvalue weighted by atomic mass is 10.1. The molecule has 100 valence electrons. The summed E-state index contributed by atoms with van der Waals surface area (Å²) in [6.07, 6.45) is -0.481. The fourth-order valence-electron chi connectivity index (χ4n) is 1.35. The van der Waals surface area contributed by atoms with Crippen molar-refractivity contribution in [2.45, 2.75) is 39.2 Å². The number of halogens is 1. The third-order valence-corrected chi connectivity index (χ3v) is 2.19. The molecule has 0 aromatic carbocycles. The van der Waals surface area contributed by atoms with Gasteiger partial charge in [-0.1, -0.05) is 13.0 Å². The maximum Gasteiger partial charge on any atom is 0.407 e. The molecular weight excluding hydrogens is 235 g/mol. The van der Waals surface area contributed by atoms with Crippen LogP contribution in [0.25, 0.3) is 0 Å². The van der Waals surface area contributed by atoms with Crippen molar-refractivity contribution in [3.8, 4) is 0 Å². The Kier molecular flexibility index (Phi) is 4.64. The van der Waals surface area contributed by atoms with Gasteiger partial charge in [0.1, 0.15) is 5.60 Å². The molecule has 0 saturated carbocycles. The standard InChI is InChI=1S/C13H19FN2O2/c1-9(10-6-5-7-11(14)16-10)8-15-12(17)18-13(2,3)4/h5-7,9H,8H2,1-4H3,(H,15,17). The van der Waals surface area contributed by atoms with Gasteiger partial charge in [0.15, 0.2) is 0 Å². The van der Waals surface area contributed by atoms with E-state index in [1.165, 1.54) is 6.07 Å². The molecule has 0 radical (unpaired) electrons. The third kappa shape index (κ3) is 5.12. The lowest BCUT2D eigenvalue weighted by molar-refractivity contribution is 0.0525. The van der Waals surface area contributed by atoms with Gasteiger partial charge >= 0.3 is 6.09 Å². The monoisotopic (exact) mass is 254 g/mol. The first-order valence-electron chi connectivity index (χ1n) is 5.87. The van der Waals surface area contributed by atoms with E-state index in [0.29, 0.717) is 12.2 Å². The fourth-order valence-corrected chi connectivity index (χ4v) is 1.35. The zero-order chi connectivity index (χ0) is 13.8. The molecule has 0 aliphatic heterocycles. The van der Waals surface area contributed by atoms with Gasteiger partial charge in [0.2, 0.25) is 5.95 Å².